The van der Waals surface area contributed by atoms with Crippen LogP contribution in [-0.4, -0.2) is 57.1 Å². The minimum absolute atomic E-state index is 0.120. The third kappa shape index (κ3) is 2.90. The number of likely N-dealkylation sites (N-methyl/N-ethyl adjacent to an activating group) is 1. The van der Waals surface area contributed by atoms with E-state index in [1.807, 2.05) is 36.6 Å². The summed E-state index contributed by atoms with van der Waals surface area (Å²) in [5.41, 5.74) is 2.60. The lowest BCUT2D eigenvalue weighted by atomic mass is 10.1. The minimum atomic E-state index is -0.775. The molecule has 0 spiro atoms. The second-order valence-corrected chi connectivity index (χ2v) is 7.49. The molecule has 1 unspecified atom stereocenters. The molecule has 2 fully saturated rings. The maximum atomic E-state index is 12.9. The van der Waals surface area contributed by atoms with E-state index in [0.717, 1.165) is 5.70 Å². The predicted molar refractivity (Wildman–Crippen MR) is 101 cm³/mol. The fraction of sp³-hybridized carbons (Fsp3) is 0.400. The summed E-state index contributed by atoms with van der Waals surface area (Å²) in [6.45, 7) is 0.120. The number of ether oxygens (including phenoxy) is 1. The molecule has 0 bridgehead atoms. The van der Waals surface area contributed by atoms with Gasteiger partial charge in [0.15, 0.2) is 5.65 Å². The summed E-state index contributed by atoms with van der Waals surface area (Å²) in [6.07, 6.45) is 10.6. The number of carbonyl (C=O) groups is 2. The molecule has 2 aromatic heterocycles. The minimum Gasteiger partial charge on any atom is -0.369 e. The second-order valence-electron chi connectivity index (χ2n) is 7.49. The van der Waals surface area contributed by atoms with E-state index in [4.69, 9.17) is 4.74 Å². The number of hydrogen-bond donors (Lipinski definition) is 1. The van der Waals surface area contributed by atoms with Crippen LogP contribution in [-0.2, 0) is 9.53 Å². The van der Waals surface area contributed by atoms with Gasteiger partial charge in [-0.2, -0.15) is 0 Å². The van der Waals surface area contributed by atoms with E-state index >= 15 is 0 Å². The summed E-state index contributed by atoms with van der Waals surface area (Å²) in [5, 5.41) is 10.9. The fourth-order valence-electron chi connectivity index (χ4n) is 3.77. The summed E-state index contributed by atoms with van der Waals surface area (Å²) in [6, 6.07) is 3.13. The summed E-state index contributed by atoms with van der Waals surface area (Å²) in [7, 11) is 1.71. The number of rotatable bonds is 3. The number of nitrogens with one attached hydrogen (secondary N) is 1. The van der Waals surface area contributed by atoms with Crippen molar-refractivity contribution in [3.63, 3.8) is 0 Å². The van der Waals surface area contributed by atoms with Crippen LogP contribution in [0, 0.1) is 0 Å². The Morgan fingerprint density at radius 1 is 1.29 bits per heavy atom. The standard InChI is InChI=1S/C20H21N5O3/c1-24-15-4-2-3-5-16(15)28-11-14(20(24)27)21-19(26)18-23-22-17-9-8-13(10-25(17)18)12-6-7-12/h2-4,8-10,12,14,16H,5-7,11H2,1H3,(H,21,26)/t14-,16?/m0/s1. The van der Waals surface area contributed by atoms with Crippen LogP contribution in [0.5, 0.6) is 0 Å². The van der Waals surface area contributed by atoms with E-state index in [2.05, 4.69) is 15.5 Å². The molecule has 8 nitrogen and oxygen atoms in total. The van der Waals surface area contributed by atoms with Gasteiger partial charge in [0, 0.05) is 18.9 Å². The van der Waals surface area contributed by atoms with Gasteiger partial charge in [-0.1, -0.05) is 18.2 Å². The number of fused-ring (bicyclic) bond motifs is 2. The topological polar surface area (TPSA) is 88.8 Å². The van der Waals surface area contributed by atoms with Crippen molar-refractivity contribution >= 4 is 17.5 Å². The SMILES string of the molecule is CN1C(=O)[C@@H](NC(=O)c2nnc3ccc(C4CC4)cn23)COC2CC=CC=C21. The van der Waals surface area contributed by atoms with Crippen LogP contribution in [0.4, 0.5) is 0 Å². The van der Waals surface area contributed by atoms with Gasteiger partial charge in [0.05, 0.1) is 6.61 Å². The average Bonchev–Trinajstić information content (AvgIpc) is 3.49. The first-order valence-electron chi connectivity index (χ1n) is 9.53. The van der Waals surface area contributed by atoms with Gasteiger partial charge in [-0.05, 0) is 42.9 Å². The summed E-state index contributed by atoms with van der Waals surface area (Å²) < 4.78 is 7.58. The molecular formula is C20H21N5O3. The zero-order valence-corrected chi connectivity index (χ0v) is 15.5. The lowest BCUT2D eigenvalue weighted by molar-refractivity contribution is -0.129. The first-order valence-corrected chi connectivity index (χ1v) is 9.53. The summed E-state index contributed by atoms with van der Waals surface area (Å²) in [5.74, 6) is 0.0894. The molecule has 3 heterocycles. The Morgan fingerprint density at radius 3 is 2.96 bits per heavy atom. The Balaban J connectivity index is 1.38. The Hall–Kier alpha value is -3.00. The van der Waals surface area contributed by atoms with E-state index in [1.165, 1.54) is 18.4 Å². The molecular weight excluding hydrogens is 358 g/mol. The monoisotopic (exact) mass is 379 g/mol. The largest absolute Gasteiger partial charge is 0.369 e. The molecule has 5 rings (SSSR count). The molecule has 2 aliphatic carbocycles. The van der Waals surface area contributed by atoms with Crippen LogP contribution in [0.15, 0.2) is 42.3 Å². The smallest absolute Gasteiger partial charge is 0.290 e. The van der Waals surface area contributed by atoms with Crippen LogP contribution in [0.25, 0.3) is 5.65 Å². The van der Waals surface area contributed by atoms with Crippen molar-refractivity contribution in [2.24, 2.45) is 0 Å². The lowest BCUT2D eigenvalue weighted by Gasteiger charge is -2.25. The first-order chi connectivity index (χ1) is 13.6. The molecule has 1 saturated carbocycles. The third-order valence-corrected chi connectivity index (χ3v) is 5.55. The Labute approximate surface area is 161 Å². The number of nitrogens with zero attached hydrogens (tertiary/aromatic N) is 4. The Kier molecular flexibility index (Phi) is 4.01. The number of carbonyl (C=O) groups excluding carboxylic acids is 2. The number of amides is 2. The van der Waals surface area contributed by atoms with Crippen molar-refractivity contribution in [1.82, 2.24) is 24.8 Å². The Morgan fingerprint density at radius 2 is 2.14 bits per heavy atom. The normalized spacial score (nSPS) is 24.7. The third-order valence-electron chi connectivity index (χ3n) is 5.55. The van der Waals surface area contributed by atoms with Crippen LogP contribution in [0.2, 0.25) is 0 Å². The molecule has 1 saturated heterocycles. The van der Waals surface area contributed by atoms with Gasteiger partial charge >= 0.3 is 0 Å². The lowest BCUT2D eigenvalue weighted by Crippen LogP contribution is -2.48. The molecule has 8 heteroatoms. The molecule has 3 aliphatic rings. The summed E-state index contributed by atoms with van der Waals surface area (Å²) >= 11 is 0. The molecule has 28 heavy (non-hydrogen) atoms. The van der Waals surface area contributed by atoms with Crippen molar-refractivity contribution < 1.29 is 14.3 Å². The van der Waals surface area contributed by atoms with Crippen LogP contribution >= 0.6 is 0 Å². The average molecular weight is 379 g/mol. The summed E-state index contributed by atoms with van der Waals surface area (Å²) in [4.78, 5) is 27.3. The van der Waals surface area contributed by atoms with Crippen molar-refractivity contribution in [2.75, 3.05) is 13.7 Å². The highest BCUT2D eigenvalue weighted by molar-refractivity contribution is 5.96. The van der Waals surface area contributed by atoms with Gasteiger partial charge in [0.25, 0.3) is 11.8 Å². The van der Waals surface area contributed by atoms with E-state index in [0.29, 0.717) is 18.0 Å². The molecule has 0 radical (unpaired) electrons. The number of allylic oxidation sites excluding steroid dienone is 2. The number of hydrogen-bond acceptors (Lipinski definition) is 5. The van der Waals surface area contributed by atoms with Crippen molar-refractivity contribution in [3.8, 4) is 0 Å². The van der Waals surface area contributed by atoms with Gasteiger partial charge in [-0.3, -0.25) is 14.0 Å². The van der Waals surface area contributed by atoms with Gasteiger partial charge in [0.1, 0.15) is 12.1 Å². The highest BCUT2D eigenvalue weighted by Gasteiger charge is 2.35. The Bertz CT molecular complexity index is 1020. The number of aromatic nitrogens is 3. The second kappa shape index (κ2) is 6.56. The van der Waals surface area contributed by atoms with E-state index < -0.39 is 11.9 Å². The maximum absolute atomic E-state index is 12.9. The van der Waals surface area contributed by atoms with Gasteiger partial charge in [0.2, 0.25) is 5.82 Å². The van der Waals surface area contributed by atoms with E-state index in [-0.39, 0.29) is 24.4 Å². The van der Waals surface area contributed by atoms with E-state index in [1.54, 1.807) is 16.3 Å². The molecule has 1 aliphatic heterocycles. The molecule has 2 atom stereocenters. The molecule has 1 N–H and O–H groups in total. The fourth-order valence-corrected chi connectivity index (χ4v) is 3.77. The molecule has 144 valence electrons. The van der Waals surface area contributed by atoms with Gasteiger partial charge in [-0.15, -0.1) is 10.2 Å². The van der Waals surface area contributed by atoms with Crippen molar-refractivity contribution in [3.05, 3.63) is 53.6 Å². The first kappa shape index (κ1) is 17.1. The van der Waals surface area contributed by atoms with Crippen LogP contribution < -0.4 is 5.32 Å². The zero-order valence-electron chi connectivity index (χ0n) is 15.5. The van der Waals surface area contributed by atoms with E-state index in [9.17, 15) is 9.59 Å². The number of pyridine rings is 1. The van der Waals surface area contributed by atoms with Gasteiger partial charge in [-0.25, -0.2) is 0 Å². The quantitative estimate of drug-likeness (QED) is 0.871. The van der Waals surface area contributed by atoms with Crippen molar-refractivity contribution in [2.45, 2.75) is 37.3 Å². The zero-order chi connectivity index (χ0) is 19.3. The predicted octanol–water partition coefficient (Wildman–Crippen LogP) is 1.41. The van der Waals surface area contributed by atoms with Gasteiger partial charge < -0.3 is 15.0 Å². The van der Waals surface area contributed by atoms with Crippen LogP contribution in [0.3, 0.4) is 0 Å². The molecule has 2 amide bonds. The maximum Gasteiger partial charge on any atom is 0.290 e. The molecule has 2 aromatic rings. The highest BCUT2D eigenvalue weighted by atomic mass is 16.5. The van der Waals surface area contributed by atoms with Crippen LogP contribution in [0.1, 0.15) is 41.4 Å². The molecule has 0 aromatic carbocycles. The highest BCUT2D eigenvalue weighted by Crippen LogP contribution is 2.39. The van der Waals surface area contributed by atoms with Crippen molar-refractivity contribution in [1.29, 1.82) is 0 Å².